The van der Waals surface area contributed by atoms with Crippen LogP contribution in [0.2, 0.25) is 0 Å². The van der Waals surface area contributed by atoms with Crippen LogP contribution in [0.1, 0.15) is 13.8 Å². The summed E-state index contributed by atoms with van der Waals surface area (Å²) in [5, 5.41) is 0. The summed E-state index contributed by atoms with van der Waals surface area (Å²) in [7, 11) is -3.87. The molecular weight excluding hydrogens is 314 g/mol. The Bertz CT molecular complexity index is 629. The highest BCUT2D eigenvalue weighted by Crippen LogP contribution is 2.14. The van der Waals surface area contributed by atoms with Crippen molar-refractivity contribution in [2.45, 2.75) is 24.3 Å². The number of rotatable bonds is 5. The number of benzene rings is 1. The van der Waals surface area contributed by atoms with Crippen molar-refractivity contribution in [3.8, 4) is 0 Å². The Balaban J connectivity index is 2.06. The molecule has 0 saturated carbocycles. The average Bonchev–Trinajstić information content (AvgIpc) is 2.49. The number of hydrogen-bond acceptors (Lipinski definition) is 3. The minimum atomic E-state index is -3.87. The maximum atomic E-state index is 13.2. The smallest absolute Gasteiger partial charge is 0.240 e. The normalized spacial score (nSPS) is 17.6. The summed E-state index contributed by atoms with van der Waals surface area (Å²) in [6.45, 7) is 7.02. The summed E-state index contributed by atoms with van der Waals surface area (Å²) in [5.74, 6) is -2.25. The molecule has 0 aromatic heterocycles. The van der Waals surface area contributed by atoms with E-state index < -0.39 is 21.7 Å². The largest absolute Gasteiger partial charge is 0.370 e. The zero-order valence-electron chi connectivity index (χ0n) is 12.7. The number of quaternary nitrogens is 1. The Labute approximate surface area is 129 Å². The topological polar surface area (TPSA) is 59.8 Å². The molecule has 2 rings (SSSR count). The molecule has 5 nitrogen and oxygen atoms in total. The molecule has 0 spiro atoms. The standard InChI is InChI=1S/C14H20F2N2O3S/c1-14(2,18-5-7-21-8-6-18)10-17-22(19,20)11-3-4-12(15)13(16)9-11/h3-4,9,17H,5-8,10H2,1-2H3/p+1. The molecule has 1 aliphatic rings. The van der Waals surface area contributed by atoms with Gasteiger partial charge in [-0.3, -0.25) is 0 Å². The monoisotopic (exact) mass is 335 g/mol. The van der Waals surface area contributed by atoms with Gasteiger partial charge in [0.05, 0.1) is 24.7 Å². The van der Waals surface area contributed by atoms with E-state index in [9.17, 15) is 17.2 Å². The quantitative estimate of drug-likeness (QED) is 0.792. The lowest BCUT2D eigenvalue weighted by molar-refractivity contribution is -0.954. The van der Waals surface area contributed by atoms with Crippen molar-refractivity contribution in [1.82, 2.24) is 4.72 Å². The molecule has 1 aliphatic heterocycles. The SMILES string of the molecule is CC(C)(CNS(=O)(=O)c1ccc(F)c(F)c1)[NH+]1CCOCC1. The van der Waals surface area contributed by atoms with E-state index in [0.717, 1.165) is 25.2 Å². The Morgan fingerprint density at radius 1 is 1.23 bits per heavy atom. The molecule has 0 aliphatic carbocycles. The molecule has 124 valence electrons. The van der Waals surface area contributed by atoms with Gasteiger partial charge in [0.15, 0.2) is 11.6 Å². The maximum absolute atomic E-state index is 13.2. The molecule has 0 unspecified atom stereocenters. The van der Waals surface area contributed by atoms with E-state index in [2.05, 4.69) is 4.72 Å². The average molecular weight is 335 g/mol. The van der Waals surface area contributed by atoms with Crippen LogP contribution < -0.4 is 9.62 Å². The number of nitrogens with one attached hydrogen (secondary N) is 2. The highest BCUT2D eigenvalue weighted by Gasteiger charge is 2.33. The van der Waals surface area contributed by atoms with Gasteiger partial charge in [-0.15, -0.1) is 0 Å². The summed E-state index contributed by atoms with van der Waals surface area (Å²) in [6, 6.07) is 2.55. The third-order valence-corrected chi connectivity index (χ3v) is 5.36. The van der Waals surface area contributed by atoms with Crippen molar-refractivity contribution in [3.63, 3.8) is 0 Å². The van der Waals surface area contributed by atoms with E-state index in [1.54, 1.807) is 0 Å². The van der Waals surface area contributed by atoms with Crippen LogP contribution in [-0.2, 0) is 14.8 Å². The Morgan fingerprint density at radius 3 is 2.45 bits per heavy atom. The number of sulfonamides is 1. The summed E-state index contributed by atoms with van der Waals surface area (Å²) >= 11 is 0. The molecular formula is C14H21F2N2O3S+. The van der Waals surface area contributed by atoms with Crippen LogP contribution in [0.5, 0.6) is 0 Å². The lowest BCUT2D eigenvalue weighted by atomic mass is 10.0. The second-order valence-corrected chi connectivity index (χ2v) is 7.77. The Hall–Kier alpha value is -1.09. The third kappa shape index (κ3) is 4.01. The number of hydrogen-bond donors (Lipinski definition) is 2. The summed E-state index contributed by atoms with van der Waals surface area (Å²) in [5.41, 5.74) is -0.324. The van der Waals surface area contributed by atoms with Crippen LogP contribution in [0, 0.1) is 11.6 Å². The van der Waals surface area contributed by atoms with Crippen molar-refractivity contribution < 1.29 is 26.8 Å². The molecule has 1 heterocycles. The minimum absolute atomic E-state index is 0.198. The van der Waals surface area contributed by atoms with E-state index >= 15 is 0 Å². The summed E-state index contributed by atoms with van der Waals surface area (Å²) in [4.78, 5) is 0.964. The highest BCUT2D eigenvalue weighted by molar-refractivity contribution is 7.89. The molecule has 22 heavy (non-hydrogen) atoms. The molecule has 1 aromatic rings. The van der Waals surface area contributed by atoms with Crippen LogP contribution in [0.15, 0.2) is 23.1 Å². The molecule has 0 bridgehead atoms. The maximum Gasteiger partial charge on any atom is 0.240 e. The Kier molecular flexibility index (Phi) is 5.16. The fourth-order valence-electron chi connectivity index (χ4n) is 2.42. The van der Waals surface area contributed by atoms with Crippen molar-refractivity contribution >= 4 is 10.0 Å². The summed E-state index contributed by atoms with van der Waals surface area (Å²) in [6.07, 6.45) is 0. The number of ether oxygens (including phenoxy) is 1. The highest BCUT2D eigenvalue weighted by atomic mass is 32.2. The molecule has 1 saturated heterocycles. The predicted molar refractivity (Wildman–Crippen MR) is 77.1 cm³/mol. The second-order valence-electron chi connectivity index (χ2n) is 6.00. The van der Waals surface area contributed by atoms with Gasteiger partial charge in [-0.25, -0.2) is 21.9 Å². The zero-order valence-corrected chi connectivity index (χ0v) is 13.5. The molecule has 1 aromatic carbocycles. The predicted octanol–water partition coefficient (Wildman–Crippen LogP) is -0.0632. The van der Waals surface area contributed by atoms with E-state index in [4.69, 9.17) is 4.74 Å². The second kappa shape index (κ2) is 6.57. The van der Waals surface area contributed by atoms with Gasteiger partial charge in [-0.2, -0.15) is 0 Å². The van der Waals surface area contributed by atoms with Crippen LogP contribution in [0.4, 0.5) is 8.78 Å². The lowest BCUT2D eigenvalue weighted by Crippen LogP contribution is -3.22. The fourth-order valence-corrected chi connectivity index (χ4v) is 3.65. The van der Waals surface area contributed by atoms with Crippen molar-refractivity contribution in [1.29, 1.82) is 0 Å². The van der Waals surface area contributed by atoms with Gasteiger partial charge in [0.2, 0.25) is 10.0 Å². The molecule has 8 heteroatoms. The zero-order chi connectivity index (χ0) is 16.4. The number of halogens is 2. The van der Waals surface area contributed by atoms with Crippen LogP contribution >= 0.6 is 0 Å². The van der Waals surface area contributed by atoms with Crippen molar-refractivity contribution in [2.24, 2.45) is 0 Å². The number of morpholine rings is 1. The summed E-state index contributed by atoms with van der Waals surface area (Å²) < 4.78 is 58.2. The van der Waals surface area contributed by atoms with E-state index in [1.165, 1.54) is 4.90 Å². The van der Waals surface area contributed by atoms with Gasteiger partial charge in [0.25, 0.3) is 0 Å². The van der Waals surface area contributed by atoms with Crippen LogP contribution in [0.25, 0.3) is 0 Å². The molecule has 0 radical (unpaired) electrons. The first-order chi connectivity index (χ1) is 10.2. The van der Waals surface area contributed by atoms with E-state index in [0.29, 0.717) is 19.3 Å². The molecule has 0 amide bonds. The van der Waals surface area contributed by atoms with Gasteiger partial charge in [-0.1, -0.05) is 0 Å². The van der Waals surface area contributed by atoms with Gasteiger partial charge in [-0.05, 0) is 32.0 Å². The van der Waals surface area contributed by atoms with Gasteiger partial charge >= 0.3 is 0 Å². The van der Waals surface area contributed by atoms with Crippen LogP contribution in [0.3, 0.4) is 0 Å². The van der Waals surface area contributed by atoms with E-state index in [-0.39, 0.29) is 17.0 Å². The van der Waals surface area contributed by atoms with E-state index in [1.807, 2.05) is 13.8 Å². The minimum Gasteiger partial charge on any atom is -0.370 e. The first kappa shape index (κ1) is 17.3. The van der Waals surface area contributed by atoms with Gasteiger partial charge in [0.1, 0.15) is 18.6 Å². The molecule has 2 N–H and O–H groups in total. The first-order valence-electron chi connectivity index (χ1n) is 7.10. The van der Waals surface area contributed by atoms with Gasteiger partial charge < -0.3 is 9.64 Å². The molecule has 0 atom stereocenters. The Morgan fingerprint density at radius 2 is 1.86 bits per heavy atom. The van der Waals surface area contributed by atoms with Crippen molar-refractivity contribution in [2.75, 3.05) is 32.8 Å². The molecule has 1 fully saturated rings. The first-order valence-corrected chi connectivity index (χ1v) is 8.58. The fraction of sp³-hybridized carbons (Fsp3) is 0.571. The van der Waals surface area contributed by atoms with Crippen LogP contribution in [-0.4, -0.2) is 46.8 Å². The third-order valence-electron chi connectivity index (χ3n) is 3.96. The lowest BCUT2D eigenvalue weighted by Gasteiger charge is -2.37. The van der Waals surface area contributed by atoms with Gasteiger partial charge in [0, 0.05) is 0 Å². The van der Waals surface area contributed by atoms with Crippen molar-refractivity contribution in [3.05, 3.63) is 29.8 Å².